The van der Waals surface area contributed by atoms with Crippen LogP contribution in [-0.2, 0) is 0 Å². The van der Waals surface area contributed by atoms with Gasteiger partial charge in [-0.15, -0.1) is 6.58 Å². The normalized spacial score (nSPS) is 11.9. The van der Waals surface area contributed by atoms with Crippen LogP contribution in [0.5, 0.6) is 11.5 Å². The van der Waals surface area contributed by atoms with E-state index in [1.165, 1.54) is 0 Å². The summed E-state index contributed by atoms with van der Waals surface area (Å²) in [5.74, 6) is 1.38. The summed E-state index contributed by atoms with van der Waals surface area (Å²) >= 11 is 0. The van der Waals surface area contributed by atoms with E-state index in [1.54, 1.807) is 20.3 Å². The Morgan fingerprint density at radius 1 is 1.29 bits per heavy atom. The quantitative estimate of drug-likeness (QED) is 0.743. The molecule has 76 valence electrons. The third kappa shape index (κ3) is 2.06. The molecule has 0 bridgehead atoms. The minimum atomic E-state index is -0.171. The van der Waals surface area contributed by atoms with Crippen LogP contribution < -0.4 is 15.2 Å². The molecule has 0 radical (unpaired) electrons. The fourth-order valence-electron chi connectivity index (χ4n) is 1.20. The maximum Gasteiger partial charge on any atom is 0.161 e. The van der Waals surface area contributed by atoms with E-state index in [0.717, 1.165) is 5.56 Å². The Labute approximate surface area is 84.1 Å². The highest BCUT2D eigenvalue weighted by Crippen LogP contribution is 2.29. The SMILES string of the molecule is C=C[C@@H](N)c1ccc(OC)c(OC)c1. The van der Waals surface area contributed by atoms with Gasteiger partial charge < -0.3 is 15.2 Å². The highest BCUT2D eigenvalue weighted by Gasteiger charge is 2.07. The van der Waals surface area contributed by atoms with Crippen molar-refractivity contribution in [3.8, 4) is 11.5 Å². The number of ether oxygens (including phenoxy) is 2. The largest absolute Gasteiger partial charge is 0.493 e. The van der Waals surface area contributed by atoms with Crippen molar-refractivity contribution in [3.63, 3.8) is 0 Å². The Kier molecular flexibility index (Phi) is 3.54. The number of nitrogens with two attached hydrogens (primary N) is 1. The zero-order chi connectivity index (χ0) is 10.6. The highest BCUT2D eigenvalue weighted by molar-refractivity contribution is 5.44. The maximum atomic E-state index is 5.79. The Morgan fingerprint density at radius 3 is 2.43 bits per heavy atom. The Balaban J connectivity index is 3.06. The summed E-state index contributed by atoms with van der Waals surface area (Å²) in [6.07, 6.45) is 1.68. The average Bonchev–Trinajstić information content (AvgIpc) is 2.26. The van der Waals surface area contributed by atoms with Gasteiger partial charge in [-0.3, -0.25) is 0 Å². The fourth-order valence-corrected chi connectivity index (χ4v) is 1.20. The van der Waals surface area contributed by atoms with Gasteiger partial charge in [-0.2, -0.15) is 0 Å². The van der Waals surface area contributed by atoms with Crippen molar-refractivity contribution in [2.45, 2.75) is 6.04 Å². The summed E-state index contributed by atoms with van der Waals surface area (Å²) in [4.78, 5) is 0. The summed E-state index contributed by atoms with van der Waals surface area (Å²) in [5, 5.41) is 0. The van der Waals surface area contributed by atoms with Gasteiger partial charge in [-0.25, -0.2) is 0 Å². The van der Waals surface area contributed by atoms with E-state index in [4.69, 9.17) is 15.2 Å². The topological polar surface area (TPSA) is 44.5 Å². The Hall–Kier alpha value is -1.48. The molecule has 0 saturated heterocycles. The molecule has 0 aliphatic carbocycles. The van der Waals surface area contributed by atoms with Gasteiger partial charge in [0.05, 0.1) is 14.2 Å². The minimum absolute atomic E-state index is 0.171. The molecule has 0 aromatic heterocycles. The van der Waals surface area contributed by atoms with Crippen LogP contribution in [-0.4, -0.2) is 14.2 Å². The molecule has 0 saturated carbocycles. The molecule has 0 aliphatic rings. The fraction of sp³-hybridized carbons (Fsp3) is 0.273. The average molecular weight is 193 g/mol. The van der Waals surface area contributed by atoms with Crippen LogP contribution in [0.25, 0.3) is 0 Å². The molecule has 0 spiro atoms. The predicted molar refractivity (Wildman–Crippen MR) is 56.7 cm³/mol. The Bertz CT molecular complexity index is 323. The second-order valence-electron chi connectivity index (χ2n) is 2.88. The van der Waals surface area contributed by atoms with E-state index >= 15 is 0 Å². The van der Waals surface area contributed by atoms with E-state index in [0.29, 0.717) is 11.5 Å². The molecule has 1 rings (SSSR count). The predicted octanol–water partition coefficient (Wildman–Crippen LogP) is 1.89. The number of methoxy groups -OCH3 is 2. The van der Waals surface area contributed by atoms with Crippen molar-refractivity contribution in [2.24, 2.45) is 5.73 Å². The Morgan fingerprint density at radius 2 is 1.93 bits per heavy atom. The molecule has 1 atom stereocenters. The van der Waals surface area contributed by atoms with Crippen LogP contribution in [0.4, 0.5) is 0 Å². The summed E-state index contributed by atoms with van der Waals surface area (Å²) in [7, 11) is 3.20. The summed E-state index contributed by atoms with van der Waals surface area (Å²) in [6.45, 7) is 3.64. The maximum absolute atomic E-state index is 5.79. The van der Waals surface area contributed by atoms with Crippen molar-refractivity contribution in [3.05, 3.63) is 36.4 Å². The first-order chi connectivity index (χ1) is 6.72. The van der Waals surface area contributed by atoms with Gasteiger partial charge in [0.25, 0.3) is 0 Å². The van der Waals surface area contributed by atoms with E-state index in [-0.39, 0.29) is 6.04 Å². The van der Waals surface area contributed by atoms with Crippen LogP contribution >= 0.6 is 0 Å². The van der Waals surface area contributed by atoms with E-state index in [1.807, 2.05) is 18.2 Å². The lowest BCUT2D eigenvalue weighted by Crippen LogP contribution is -2.06. The third-order valence-corrected chi connectivity index (χ3v) is 2.05. The molecule has 0 unspecified atom stereocenters. The molecule has 1 aromatic carbocycles. The van der Waals surface area contributed by atoms with Crippen LogP contribution in [0, 0.1) is 0 Å². The molecule has 0 heterocycles. The van der Waals surface area contributed by atoms with Gasteiger partial charge in [-0.1, -0.05) is 12.1 Å². The highest BCUT2D eigenvalue weighted by atomic mass is 16.5. The van der Waals surface area contributed by atoms with E-state index in [9.17, 15) is 0 Å². The molecule has 0 aliphatic heterocycles. The lowest BCUT2D eigenvalue weighted by Gasteiger charge is -2.11. The van der Waals surface area contributed by atoms with Crippen LogP contribution in [0.3, 0.4) is 0 Å². The molecule has 14 heavy (non-hydrogen) atoms. The second-order valence-corrected chi connectivity index (χ2v) is 2.88. The van der Waals surface area contributed by atoms with Crippen molar-refractivity contribution in [2.75, 3.05) is 14.2 Å². The zero-order valence-electron chi connectivity index (χ0n) is 8.49. The molecule has 3 heteroatoms. The first-order valence-electron chi connectivity index (χ1n) is 4.33. The summed E-state index contributed by atoms with van der Waals surface area (Å²) in [5.41, 5.74) is 6.75. The van der Waals surface area contributed by atoms with Gasteiger partial charge >= 0.3 is 0 Å². The van der Waals surface area contributed by atoms with Gasteiger partial charge in [0.2, 0.25) is 0 Å². The van der Waals surface area contributed by atoms with Crippen LogP contribution in [0.2, 0.25) is 0 Å². The number of hydrogen-bond acceptors (Lipinski definition) is 3. The number of hydrogen-bond donors (Lipinski definition) is 1. The van der Waals surface area contributed by atoms with Gasteiger partial charge in [0, 0.05) is 6.04 Å². The molecule has 0 fully saturated rings. The van der Waals surface area contributed by atoms with E-state index < -0.39 is 0 Å². The van der Waals surface area contributed by atoms with Crippen molar-refractivity contribution in [1.82, 2.24) is 0 Å². The summed E-state index contributed by atoms with van der Waals surface area (Å²) in [6, 6.07) is 5.41. The lowest BCUT2D eigenvalue weighted by molar-refractivity contribution is 0.354. The van der Waals surface area contributed by atoms with Crippen molar-refractivity contribution < 1.29 is 9.47 Å². The smallest absolute Gasteiger partial charge is 0.161 e. The standard InChI is InChI=1S/C11H15NO2/c1-4-9(12)8-5-6-10(13-2)11(7-8)14-3/h4-7,9H,1,12H2,2-3H3/t9-/m1/s1. The first kappa shape index (κ1) is 10.6. The molecular weight excluding hydrogens is 178 g/mol. The van der Waals surface area contributed by atoms with Gasteiger partial charge in [0.1, 0.15) is 0 Å². The van der Waals surface area contributed by atoms with Gasteiger partial charge in [-0.05, 0) is 17.7 Å². The van der Waals surface area contributed by atoms with E-state index in [2.05, 4.69) is 6.58 Å². The second kappa shape index (κ2) is 4.67. The van der Waals surface area contributed by atoms with Crippen LogP contribution in [0.15, 0.2) is 30.9 Å². The third-order valence-electron chi connectivity index (χ3n) is 2.05. The van der Waals surface area contributed by atoms with Crippen molar-refractivity contribution in [1.29, 1.82) is 0 Å². The van der Waals surface area contributed by atoms with Crippen LogP contribution in [0.1, 0.15) is 11.6 Å². The first-order valence-corrected chi connectivity index (χ1v) is 4.33. The molecule has 3 nitrogen and oxygen atoms in total. The zero-order valence-corrected chi connectivity index (χ0v) is 8.49. The number of rotatable bonds is 4. The minimum Gasteiger partial charge on any atom is -0.493 e. The molecule has 0 amide bonds. The molecule has 1 aromatic rings. The summed E-state index contributed by atoms with van der Waals surface area (Å²) < 4.78 is 10.3. The lowest BCUT2D eigenvalue weighted by atomic mass is 10.1. The monoisotopic (exact) mass is 193 g/mol. The molecular formula is C11H15NO2. The van der Waals surface area contributed by atoms with Gasteiger partial charge in [0.15, 0.2) is 11.5 Å². The molecule has 2 N–H and O–H groups in total. The van der Waals surface area contributed by atoms with Crippen molar-refractivity contribution >= 4 is 0 Å². The number of benzene rings is 1.